The minimum Gasteiger partial charge on any atom is -0.338 e. The monoisotopic (exact) mass is 434 g/mol. The van der Waals surface area contributed by atoms with Crippen molar-refractivity contribution in [2.24, 2.45) is 0 Å². The van der Waals surface area contributed by atoms with Crippen molar-refractivity contribution >= 4 is 33.2 Å². The van der Waals surface area contributed by atoms with Crippen LogP contribution in [0.2, 0.25) is 0 Å². The van der Waals surface area contributed by atoms with Crippen molar-refractivity contribution in [3.8, 4) is 22.6 Å². The normalized spacial score (nSPS) is 11.4. The number of nitrogens with zero attached hydrogens (tertiary/aromatic N) is 4. The van der Waals surface area contributed by atoms with Gasteiger partial charge >= 0.3 is 0 Å². The third kappa shape index (κ3) is 3.87. The molecule has 5 rings (SSSR count). The van der Waals surface area contributed by atoms with Crippen molar-refractivity contribution in [3.63, 3.8) is 0 Å². The maximum absolute atomic E-state index is 13.0. The second kappa shape index (κ2) is 7.84. The zero-order valence-electron chi connectivity index (χ0n) is 16.3. The molecule has 0 saturated carbocycles. The van der Waals surface area contributed by atoms with E-state index in [1.165, 1.54) is 29.8 Å². The standard InChI is InChI=1S/C22H16F2N6S/c1-12-5-17-18(28-21(27-17)14-4-2-3-13(6-14)20(23)24)7-16(12)29-22-30-19(10-31-22)15-8-25-11-26-9-15/h2-11,20H,1H3,(H,27,28)(H,29,30). The highest BCUT2D eigenvalue weighted by atomic mass is 32.1. The van der Waals surface area contributed by atoms with Gasteiger partial charge in [0.25, 0.3) is 6.43 Å². The lowest BCUT2D eigenvalue weighted by Gasteiger charge is -2.06. The molecular formula is C22H16F2N6S. The summed E-state index contributed by atoms with van der Waals surface area (Å²) in [5, 5.41) is 6.02. The van der Waals surface area contributed by atoms with E-state index in [9.17, 15) is 8.78 Å². The zero-order chi connectivity index (χ0) is 21.4. The maximum Gasteiger partial charge on any atom is 0.263 e. The molecule has 0 saturated heterocycles. The molecule has 0 aliphatic heterocycles. The second-order valence-corrected chi connectivity index (χ2v) is 7.84. The molecule has 3 heterocycles. The Labute approximate surface area is 180 Å². The smallest absolute Gasteiger partial charge is 0.263 e. The van der Waals surface area contributed by atoms with E-state index in [-0.39, 0.29) is 5.56 Å². The molecule has 0 aliphatic rings. The van der Waals surface area contributed by atoms with Gasteiger partial charge in [0.2, 0.25) is 0 Å². The van der Waals surface area contributed by atoms with Gasteiger partial charge in [-0.1, -0.05) is 18.2 Å². The number of aromatic amines is 1. The minimum absolute atomic E-state index is 0.0279. The van der Waals surface area contributed by atoms with Crippen LogP contribution in [0.15, 0.2) is 60.5 Å². The fourth-order valence-corrected chi connectivity index (χ4v) is 4.00. The molecule has 2 N–H and O–H groups in total. The fourth-order valence-electron chi connectivity index (χ4n) is 3.27. The molecule has 9 heteroatoms. The van der Waals surface area contributed by atoms with Crippen molar-refractivity contribution in [2.75, 3.05) is 5.32 Å². The van der Waals surface area contributed by atoms with Crippen molar-refractivity contribution in [3.05, 3.63) is 71.6 Å². The van der Waals surface area contributed by atoms with Gasteiger partial charge in [-0.15, -0.1) is 11.3 Å². The highest BCUT2D eigenvalue weighted by Crippen LogP contribution is 2.31. The van der Waals surface area contributed by atoms with Crippen LogP contribution in [0.3, 0.4) is 0 Å². The minimum atomic E-state index is -2.52. The fraction of sp³-hybridized carbons (Fsp3) is 0.0909. The predicted octanol–water partition coefficient (Wildman–Crippen LogP) is 6.13. The van der Waals surface area contributed by atoms with Crippen LogP contribution in [-0.4, -0.2) is 24.9 Å². The average molecular weight is 434 g/mol. The highest BCUT2D eigenvalue weighted by molar-refractivity contribution is 7.14. The third-order valence-corrected chi connectivity index (χ3v) is 5.60. The summed E-state index contributed by atoms with van der Waals surface area (Å²) in [6.07, 6.45) is 2.40. The predicted molar refractivity (Wildman–Crippen MR) is 118 cm³/mol. The molecule has 3 aromatic heterocycles. The first kappa shape index (κ1) is 19.3. The number of aryl methyl sites for hydroxylation is 1. The first-order valence-electron chi connectivity index (χ1n) is 9.43. The Morgan fingerprint density at radius 1 is 1.03 bits per heavy atom. The number of fused-ring (bicyclic) bond motifs is 1. The van der Waals surface area contributed by atoms with Gasteiger partial charge < -0.3 is 10.3 Å². The van der Waals surface area contributed by atoms with Crippen LogP contribution in [0.4, 0.5) is 19.6 Å². The van der Waals surface area contributed by atoms with E-state index in [0.717, 1.165) is 38.7 Å². The Kier molecular flexibility index (Phi) is 4.87. The van der Waals surface area contributed by atoms with Crippen LogP contribution in [0.5, 0.6) is 0 Å². The second-order valence-electron chi connectivity index (χ2n) is 6.99. The lowest BCUT2D eigenvalue weighted by molar-refractivity contribution is 0.151. The Morgan fingerprint density at radius 3 is 2.68 bits per heavy atom. The van der Waals surface area contributed by atoms with Crippen LogP contribution >= 0.6 is 11.3 Å². The Morgan fingerprint density at radius 2 is 1.87 bits per heavy atom. The van der Waals surface area contributed by atoms with E-state index in [1.54, 1.807) is 24.5 Å². The molecule has 0 spiro atoms. The lowest BCUT2D eigenvalue weighted by atomic mass is 10.1. The first-order valence-corrected chi connectivity index (χ1v) is 10.3. The molecule has 0 radical (unpaired) electrons. The number of nitrogens with one attached hydrogen (secondary N) is 2. The number of benzene rings is 2. The molecule has 2 aromatic carbocycles. The molecule has 0 fully saturated rings. The Bertz CT molecular complexity index is 1360. The van der Waals surface area contributed by atoms with Crippen molar-refractivity contribution < 1.29 is 8.78 Å². The van der Waals surface area contributed by atoms with Gasteiger partial charge in [0.15, 0.2) is 5.13 Å². The van der Waals surface area contributed by atoms with Crippen molar-refractivity contribution in [1.29, 1.82) is 0 Å². The summed E-state index contributed by atoms with van der Waals surface area (Å²) in [6.45, 7) is 1.99. The van der Waals surface area contributed by atoms with E-state index in [4.69, 9.17) is 0 Å². The molecule has 6 nitrogen and oxygen atoms in total. The summed E-state index contributed by atoms with van der Waals surface area (Å²) in [5.41, 5.74) is 5.69. The van der Waals surface area contributed by atoms with E-state index < -0.39 is 6.43 Å². The summed E-state index contributed by atoms with van der Waals surface area (Å²) in [7, 11) is 0. The number of anilines is 2. The summed E-state index contributed by atoms with van der Waals surface area (Å²) < 4.78 is 26.1. The first-order chi connectivity index (χ1) is 15.1. The largest absolute Gasteiger partial charge is 0.338 e. The van der Waals surface area contributed by atoms with Gasteiger partial charge in [-0.25, -0.2) is 28.7 Å². The summed E-state index contributed by atoms with van der Waals surface area (Å²) in [4.78, 5) is 20.5. The molecule has 0 atom stereocenters. The number of hydrogen-bond donors (Lipinski definition) is 2. The molecule has 5 aromatic rings. The van der Waals surface area contributed by atoms with Gasteiger partial charge in [-0.3, -0.25) is 0 Å². The number of alkyl halides is 2. The van der Waals surface area contributed by atoms with Crippen molar-refractivity contribution in [1.82, 2.24) is 24.9 Å². The molecule has 0 unspecified atom stereocenters. The topological polar surface area (TPSA) is 79.4 Å². The van der Waals surface area contributed by atoms with E-state index in [1.807, 2.05) is 24.4 Å². The van der Waals surface area contributed by atoms with Crippen LogP contribution in [0.1, 0.15) is 17.6 Å². The molecule has 154 valence electrons. The lowest BCUT2D eigenvalue weighted by Crippen LogP contribution is -1.93. The van der Waals surface area contributed by atoms with E-state index in [0.29, 0.717) is 11.4 Å². The molecule has 0 aliphatic carbocycles. The molecule has 0 bridgehead atoms. The summed E-state index contributed by atoms with van der Waals surface area (Å²) in [5.74, 6) is 0.551. The number of hydrogen-bond acceptors (Lipinski definition) is 6. The molecular weight excluding hydrogens is 418 g/mol. The maximum atomic E-state index is 13.0. The highest BCUT2D eigenvalue weighted by Gasteiger charge is 2.13. The number of thiazole rings is 1. The Hall–Kier alpha value is -3.72. The van der Waals surface area contributed by atoms with Crippen molar-refractivity contribution in [2.45, 2.75) is 13.3 Å². The SMILES string of the molecule is Cc1cc2[nH]c(-c3cccc(C(F)F)c3)nc2cc1Nc1nc(-c2cncnc2)cs1. The Balaban J connectivity index is 1.45. The average Bonchev–Trinajstić information content (AvgIpc) is 3.42. The number of imidazole rings is 1. The van der Waals surface area contributed by atoms with Crippen LogP contribution in [0.25, 0.3) is 33.7 Å². The zero-order valence-corrected chi connectivity index (χ0v) is 17.1. The quantitative estimate of drug-likeness (QED) is 0.348. The van der Waals surface area contributed by atoms with E-state index in [2.05, 4.69) is 30.2 Å². The molecule has 31 heavy (non-hydrogen) atoms. The van der Waals surface area contributed by atoms with Gasteiger partial charge in [0, 0.05) is 40.2 Å². The summed E-state index contributed by atoms with van der Waals surface area (Å²) in [6, 6.07) is 10.1. The number of H-pyrrole nitrogens is 1. The van der Waals surface area contributed by atoms with Gasteiger partial charge in [-0.2, -0.15) is 0 Å². The third-order valence-electron chi connectivity index (χ3n) is 4.84. The number of rotatable bonds is 5. The molecule has 0 amide bonds. The van der Waals surface area contributed by atoms with Gasteiger partial charge in [0.05, 0.1) is 16.7 Å². The van der Waals surface area contributed by atoms with E-state index >= 15 is 0 Å². The van der Waals surface area contributed by atoms with Crippen LogP contribution in [0, 0.1) is 6.92 Å². The van der Waals surface area contributed by atoms with Crippen LogP contribution in [-0.2, 0) is 0 Å². The summed E-state index contributed by atoms with van der Waals surface area (Å²) >= 11 is 1.48. The van der Waals surface area contributed by atoms with Gasteiger partial charge in [-0.05, 0) is 30.7 Å². The van der Waals surface area contributed by atoms with Crippen LogP contribution < -0.4 is 5.32 Å². The van der Waals surface area contributed by atoms with Gasteiger partial charge in [0.1, 0.15) is 12.2 Å². The number of halogens is 2. The number of aromatic nitrogens is 5.